The van der Waals surface area contributed by atoms with Gasteiger partial charge in [-0.15, -0.1) is 11.8 Å². The lowest BCUT2D eigenvalue weighted by molar-refractivity contribution is 0.177. The fourth-order valence-electron chi connectivity index (χ4n) is 2.26. The first kappa shape index (κ1) is 21.2. The molecule has 0 bridgehead atoms. The van der Waals surface area contributed by atoms with Gasteiger partial charge in [-0.05, 0) is 48.7 Å². The molecular weight excluding hydrogens is 402 g/mol. The fraction of sp³-hybridized carbons (Fsp3) is 0.211. The molecule has 0 spiro atoms. The second-order valence-electron chi connectivity index (χ2n) is 5.48. The predicted molar refractivity (Wildman–Crippen MR) is 117 cm³/mol. The van der Waals surface area contributed by atoms with Crippen LogP contribution < -0.4 is 10.6 Å². The number of thiocarbonyl (C=S) groups is 1. The zero-order chi connectivity index (χ0) is 19.8. The first-order valence-corrected chi connectivity index (χ1v) is 10.00. The summed E-state index contributed by atoms with van der Waals surface area (Å²) in [6, 6.07) is 12.9. The van der Waals surface area contributed by atoms with Crippen LogP contribution in [0.5, 0.6) is 0 Å². The van der Waals surface area contributed by atoms with E-state index in [9.17, 15) is 4.79 Å². The molecule has 0 radical (unpaired) electrons. The van der Waals surface area contributed by atoms with Crippen LogP contribution in [0, 0.1) is 5.41 Å². The zero-order valence-electron chi connectivity index (χ0n) is 15.0. The number of thioether (sulfide) groups is 1. The van der Waals surface area contributed by atoms with Gasteiger partial charge in [0.1, 0.15) is 0 Å². The molecule has 0 fully saturated rings. The van der Waals surface area contributed by atoms with Gasteiger partial charge in [0.15, 0.2) is 5.11 Å². The maximum absolute atomic E-state index is 11.4. The van der Waals surface area contributed by atoms with Gasteiger partial charge in [0.2, 0.25) is 0 Å². The Morgan fingerprint density at radius 3 is 2.67 bits per heavy atom. The Morgan fingerprint density at radius 1 is 1.26 bits per heavy atom. The minimum absolute atomic E-state index is 0.0905. The van der Waals surface area contributed by atoms with Crippen molar-refractivity contribution in [3.63, 3.8) is 0 Å². The highest BCUT2D eigenvalue weighted by molar-refractivity contribution is 7.99. The SMILES string of the molecule is CCCSc1ccc(C(=N)c2ccccc2Cl)c(NC(=S)NC(=O)OC)c1. The van der Waals surface area contributed by atoms with Crippen molar-refractivity contribution in [2.75, 3.05) is 18.2 Å². The van der Waals surface area contributed by atoms with E-state index in [0.29, 0.717) is 21.8 Å². The molecular formula is C19H20ClN3O2S2. The number of anilines is 1. The lowest BCUT2D eigenvalue weighted by atomic mass is 10.0. The van der Waals surface area contributed by atoms with E-state index in [1.807, 2.05) is 30.3 Å². The highest BCUT2D eigenvalue weighted by atomic mass is 35.5. The Kier molecular flexibility index (Phi) is 8.09. The molecule has 0 atom stereocenters. The molecule has 1 amide bonds. The van der Waals surface area contributed by atoms with Crippen molar-refractivity contribution in [1.29, 1.82) is 5.41 Å². The molecule has 0 aliphatic heterocycles. The summed E-state index contributed by atoms with van der Waals surface area (Å²) in [7, 11) is 1.26. The summed E-state index contributed by atoms with van der Waals surface area (Å²) in [5.74, 6) is 0.978. The van der Waals surface area contributed by atoms with Crippen LogP contribution in [0.4, 0.5) is 10.5 Å². The first-order chi connectivity index (χ1) is 13.0. The quantitative estimate of drug-likeness (QED) is 0.335. The van der Waals surface area contributed by atoms with E-state index >= 15 is 0 Å². The van der Waals surface area contributed by atoms with Gasteiger partial charge in [0.05, 0.1) is 18.5 Å². The normalized spacial score (nSPS) is 10.2. The van der Waals surface area contributed by atoms with E-state index in [4.69, 9.17) is 29.2 Å². The van der Waals surface area contributed by atoms with Crippen molar-refractivity contribution in [1.82, 2.24) is 5.32 Å². The Labute approximate surface area is 173 Å². The van der Waals surface area contributed by atoms with Crippen LogP contribution in [0.3, 0.4) is 0 Å². The van der Waals surface area contributed by atoms with Crippen LogP contribution in [-0.2, 0) is 4.74 Å². The highest BCUT2D eigenvalue weighted by Crippen LogP contribution is 2.29. The van der Waals surface area contributed by atoms with Crippen molar-refractivity contribution in [3.05, 3.63) is 58.6 Å². The monoisotopic (exact) mass is 421 g/mol. The molecule has 0 unspecified atom stereocenters. The second kappa shape index (κ2) is 10.3. The number of rotatable bonds is 6. The summed E-state index contributed by atoms with van der Waals surface area (Å²) < 4.78 is 4.56. The van der Waals surface area contributed by atoms with Gasteiger partial charge >= 0.3 is 6.09 Å². The lowest BCUT2D eigenvalue weighted by Gasteiger charge is -2.16. The van der Waals surface area contributed by atoms with Gasteiger partial charge in [-0.1, -0.05) is 36.7 Å². The number of ether oxygens (including phenoxy) is 1. The fourth-order valence-corrected chi connectivity index (χ4v) is 3.49. The Bertz CT molecular complexity index is 859. The number of nitrogens with one attached hydrogen (secondary N) is 3. The van der Waals surface area contributed by atoms with E-state index in [0.717, 1.165) is 17.1 Å². The van der Waals surface area contributed by atoms with Crippen molar-refractivity contribution in [2.24, 2.45) is 0 Å². The van der Waals surface area contributed by atoms with Gasteiger partial charge < -0.3 is 10.1 Å². The van der Waals surface area contributed by atoms with Crippen molar-refractivity contribution < 1.29 is 9.53 Å². The third kappa shape index (κ3) is 5.95. The summed E-state index contributed by atoms with van der Waals surface area (Å²) in [5.41, 5.74) is 2.11. The van der Waals surface area contributed by atoms with Crippen LogP contribution >= 0.6 is 35.6 Å². The number of carbonyl (C=O) groups excluding carboxylic acids is 1. The van der Waals surface area contributed by atoms with Gasteiger partial charge in [0, 0.05) is 21.0 Å². The number of halogens is 1. The third-order valence-electron chi connectivity index (χ3n) is 3.53. The van der Waals surface area contributed by atoms with E-state index < -0.39 is 6.09 Å². The Morgan fingerprint density at radius 2 is 2.00 bits per heavy atom. The summed E-state index contributed by atoms with van der Waals surface area (Å²) in [6.07, 6.45) is 0.388. The molecule has 27 heavy (non-hydrogen) atoms. The Hall–Kier alpha value is -2.09. The summed E-state index contributed by atoms with van der Waals surface area (Å²) >= 11 is 13.1. The number of benzene rings is 2. The molecule has 2 aromatic carbocycles. The highest BCUT2D eigenvalue weighted by Gasteiger charge is 2.15. The van der Waals surface area contributed by atoms with Gasteiger partial charge in [-0.25, -0.2) is 4.79 Å². The third-order valence-corrected chi connectivity index (χ3v) is 5.26. The molecule has 0 saturated carbocycles. The zero-order valence-corrected chi connectivity index (χ0v) is 17.4. The standard InChI is InChI=1S/C19H20ClN3O2S2/c1-3-10-27-12-8-9-14(17(21)13-6-4-5-7-15(13)20)16(11-12)22-18(26)23-19(24)25-2/h4-9,11,21H,3,10H2,1-2H3,(H2,22,23,24,26). The molecule has 3 N–H and O–H groups in total. The molecule has 8 heteroatoms. The van der Waals surface area contributed by atoms with Crippen LogP contribution in [-0.4, -0.2) is 29.8 Å². The second-order valence-corrected chi connectivity index (χ2v) is 7.47. The molecule has 0 aromatic heterocycles. The lowest BCUT2D eigenvalue weighted by Crippen LogP contribution is -2.34. The summed E-state index contributed by atoms with van der Waals surface area (Å²) in [4.78, 5) is 12.4. The van der Waals surface area contributed by atoms with Crippen LogP contribution in [0.2, 0.25) is 5.02 Å². The average Bonchev–Trinajstić information content (AvgIpc) is 2.66. The van der Waals surface area contributed by atoms with E-state index in [2.05, 4.69) is 22.3 Å². The summed E-state index contributed by atoms with van der Waals surface area (Å²) in [6.45, 7) is 2.11. The van der Waals surface area contributed by atoms with Crippen molar-refractivity contribution in [3.8, 4) is 0 Å². The first-order valence-electron chi connectivity index (χ1n) is 8.22. The topological polar surface area (TPSA) is 74.2 Å². The van der Waals surface area contributed by atoms with Gasteiger partial charge in [0.25, 0.3) is 0 Å². The van der Waals surface area contributed by atoms with E-state index in [1.54, 1.807) is 23.9 Å². The minimum Gasteiger partial charge on any atom is -0.453 e. The van der Waals surface area contributed by atoms with Crippen LogP contribution in [0.25, 0.3) is 0 Å². The number of methoxy groups -OCH3 is 1. The molecule has 0 saturated heterocycles. The van der Waals surface area contributed by atoms with Gasteiger partial charge in [-0.3, -0.25) is 10.7 Å². The van der Waals surface area contributed by atoms with Gasteiger partial charge in [-0.2, -0.15) is 0 Å². The smallest absolute Gasteiger partial charge is 0.413 e. The predicted octanol–water partition coefficient (Wildman–Crippen LogP) is 5.31. The number of carbonyl (C=O) groups is 1. The number of amides is 1. The van der Waals surface area contributed by atoms with E-state index in [-0.39, 0.29) is 10.8 Å². The van der Waals surface area contributed by atoms with Crippen LogP contribution in [0.15, 0.2) is 47.4 Å². The van der Waals surface area contributed by atoms with Crippen molar-refractivity contribution >= 4 is 58.2 Å². The Balaban J connectivity index is 2.37. The molecule has 0 aliphatic rings. The molecule has 2 rings (SSSR count). The van der Waals surface area contributed by atoms with E-state index in [1.165, 1.54) is 7.11 Å². The van der Waals surface area contributed by atoms with Crippen molar-refractivity contribution in [2.45, 2.75) is 18.2 Å². The molecule has 0 heterocycles. The largest absolute Gasteiger partial charge is 0.453 e. The van der Waals surface area contributed by atoms with Crippen LogP contribution in [0.1, 0.15) is 24.5 Å². The molecule has 5 nitrogen and oxygen atoms in total. The average molecular weight is 422 g/mol. The number of alkyl carbamates (subject to hydrolysis) is 1. The maximum atomic E-state index is 11.4. The summed E-state index contributed by atoms with van der Waals surface area (Å²) in [5, 5.41) is 14.6. The molecule has 0 aliphatic carbocycles. The number of hydrogen-bond donors (Lipinski definition) is 3. The number of hydrogen-bond acceptors (Lipinski definition) is 5. The molecule has 142 valence electrons. The molecule has 2 aromatic rings. The maximum Gasteiger partial charge on any atom is 0.413 e. The minimum atomic E-state index is -0.660.